The van der Waals surface area contributed by atoms with Crippen LogP contribution in [0.2, 0.25) is 0 Å². The van der Waals surface area contributed by atoms with Crippen molar-refractivity contribution in [1.29, 1.82) is 0 Å². The second kappa shape index (κ2) is 4.87. The van der Waals surface area contributed by atoms with Crippen LogP contribution in [0.4, 0.5) is 0 Å². The molecular weight excluding hydrogens is 302 g/mol. The van der Waals surface area contributed by atoms with E-state index >= 15 is 0 Å². The summed E-state index contributed by atoms with van der Waals surface area (Å²) in [4.78, 5) is 8.49. The third-order valence-corrected chi connectivity index (χ3v) is 6.76. The zero-order valence-corrected chi connectivity index (χ0v) is 13.7. The van der Waals surface area contributed by atoms with Gasteiger partial charge in [-0.3, -0.25) is 4.98 Å². The van der Waals surface area contributed by atoms with Crippen molar-refractivity contribution in [3.8, 4) is 0 Å². The smallest absolute Gasteiger partial charge is 0.247 e. The summed E-state index contributed by atoms with van der Waals surface area (Å²) in [5.41, 5.74) is 0.816. The van der Waals surface area contributed by atoms with Gasteiger partial charge in [0.1, 0.15) is 4.75 Å². The molecule has 0 atom stereocenters. The molecule has 7 heteroatoms. The lowest BCUT2D eigenvalue weighted by Gasteiger charge is -2.39. The van der Waals surface area contributed by atoms with Crippen molar-refractivity contribution in [3.63, 3.8) is 0 Å². The second-order valence-electron chi connectivity index (χ2n) is 6.38. The van der Waals surface area contributed by atoms with Crippen molar-refractivity contribution in [3.05, 3.63) is 41.8 Å². The molecule has 2 aromatic heterocycles. The van der Waals surface area contributed by atoms with Crippen LogP contribution >= 0.6 is 0 Å². The molecule has 3 rings (SSSR count). The molecule has 1 saturated carbocycles. The molecule has 0 bridgehead atoms. The minimum atomic E-state index is -3.35. The second-order valence-corrected chi connectivity index (χ2v) is 8.94. The van der Waals surface area contributed by atoms with E-state index in [2.05, 4.69) is 15.1 Å². The quantitative estimate of drug-likeness (QED) is 0.858. The molecule has 0 aromatic carbocycles. The SMILES string of the molecule is CC(C)(c1nc(C2(c3ccncc3)CCC2)no1)S(C)(=O)=O. The molecule has 1 aliphatic rings. The number of aromatic nitrogens is 3. The third kappa shape index (κ3) is 2.15. The Morgan fingerprint density at radius 1 is 1.23 bits per heavy atom. The van der Waals surface area contributed by atoms with Crippen LogP contribution in [0.25, 0.3) is 0 Å². The molecule has 0 spiro atoms. The van der Waals surface area contributed by atoms with Crippen LogP contribution in [0, 0.1) is 0 Å². The summed E-state index contributed by atoms with van der Waals surface area (Å²) in [5.74, 6) is 0.710. The predicted octanol–water partition coefficient (Wildman–Crippen LogP) is 2.21. The maximum atomic E-state index is 11.9. The van der Waals surface area contributed by atoms with Crippen LogP contribution in [0.1, 0.15) is 50.4 Å². The fraction of sp³-hybridized carbons (Fsp3) is 0.533. The van der Waals surface area contributed by atoms with Crippen LogP contribution in [-0.2, 0) is 20.0 Å². The van der Waals surface area contributed by atoms with Gasteiger partial charge in [0.25, 0.3) is 0 Å². The van der Waals surface area contributed by atoms with E-state index in [-0.39, 0.29) is 11.3 Å². The van der Waals surface area contributed by atoms with Gasteiger partial charge >= 0.3 is 0 Å². The lowest BCUT2D eigenvalue weighted by molar-refractivity contribution is 0.269. The first-order valence-corrected chi connectivity index (χ1v) is 9.11. The highest BCUT2D eigenvalue weighted by Gasteiger charge is 2.46. The molecule has 0 saturated heterocycles. The summed E-state index contributed by atoms with van der Waals surface area (Å²) < 4.78 is 28.0. The van der Waals surface area contributed by atoms with Gasteiger partial charge in [-0.1, -0.05) is 11.6 Å². The zero-order valence-electron chi connectivity index (χ0n) is 12.9. The Labute approximate surface area is 129 Å². The molecule has 0 N–H and O–H groups in total. The minimum absolute atomic E-state index is 0.144. The highest BCUT2D eigenvalue weighted by atomic mass is 32.2. The Balaban J connectivity index is 2.04. The van der Waals surface area contributed by atoms with E-state index in [9.17, 15) is 8.42 Å². The van der Waals surface area contributed by atoms with Crippen molar-refractivity contribution in [1.82, 2.24) is 15.1 Å². The summed E-state index contributed by atoms with van der Waals surface area (Å²) in [5, 5.41) is 4.10. The lowest BCUT2D eigenvalue weighted by atomic mass is 9.64. The molecular formula is C15H19N3O3S. The predicted molar refractivity (Wildman–Crippen MR) is 81.0 cm³/mol. The Morgan fingerprint density at radius 3 is 2.36 bits per heavy atom. The Bertz CT molecular complexity index is 777. The van der Waals surface area contributed by atoms with Gasteiger partial charge in [-0.2, -0.15) is 4.98 Å². The fourth-order valence-electron chi connectivity index (χ4n) is 2.66. The van der Waals surface area contributed by atoms with Gasteiger partial charge in [-0.15, -0.1) is 0 Å². The summed E-state index contributed by atoms with van der Waals surface area (Å²) in [6.07, 6.45) is 7.61. The number of pyridine rings is 1. The van der Waals surface area contributed by atoms with E-state index in [1.807, 2.05) is 12.1 Å². The summed E-state index contributed by atoms with van der Waals surface area (Å²) in [7, 11) is -3.35. The van der Waals surface area contributed by atoms with Crippen molar-refractivity contribution in [2.24, 2.45) is 0 Å². The molecule has 22 heavy (non-hydrogen) atoms. The average Bonchev–Trinajstić information content (AvgIpc) is 2.88. The van der Waals surface area contributed by atoms with Crippen LogP contribution in [0.15, 0.2) is 29.0 Å². The summed E-state index contributed by atoms with van der Waals surface area (Å²) >= 11 is 0. The molecule has 1 aliphatic carbocycles. The normalized spacial score (nSPS) is 18.0. The van der Waals surface area contributed by atoms with E-state index in [4.69, 9.17) is 4.52 Å². The molecule has 118 valence electrons. The van der Waals surface area contributed by atoms with Crippen LogP contribution in [-0.4, -0.2) is 29.8 Å². The molecule has 0 unspecified atom stereocenters. The van der Waals surface area contributed by atoms with Crippen molar-refractivity contribution < 1.29 is 12.9 Å². The van der Waals surface area contributed by atoms with Gasteiger partial charge in [0.05, 0.1) is 5.41 Å². The van der Waals surface area contributed by atoms with Gasteiger partial charge < -0.3 is 4.52 Å². The van der Waals surface area contributed by atoms with Gasteiger partial charge in [0, 0.05) is 18.6 Å². The van der Waals surface area contributed by atoms with Gasteiger partial charge in [-0.05, 0) is 44.4 Å². The van der Waals surface area contributed by atoms with Crippen LogP contribution < -0.4 is 0 Å². The summed E-state index contributed by atoms with van der Waals surface area (Å²) in [6, 6.07) is 3.91. The number of nitrogens with zero attached hydrogens (tertiary/aromatic N) is 3. The lowest BCUT2D eigenvalue weighted by Crippen LogP contribution is -2.37. The molecule has 2 heterocycles. The Morgan fingerprint density at radius 2 is 1.86 bits per heavy atom. The highest BCUT2D eigenvalue weighted by molar-refractivity contribution is 7.91. The first-order chi connectivity index (χ1) is 10.3. The zero-order chi connectivity index (χ0) is 16.0. The van der Waals surface area contributed by atoms with Crippen LogP contribution in [0.5, 0.6) is 0 Å². The van der Waals surface area contributed by atoms with Crippen molar-refractivity contribution in [2.45, 2.75) is 43.3 Å². The first kappa shape index (κ1) is 15.1. The fourth-order valence-corrected chi connectivity index (χ4v) is 3.06. The topological polar surface area (TPSA) is 85.9 Å². The molecule has 0 amide bonds. The van der Waals surface area contributed by atoms with E-state index in [1.54, 1.807) is 26.2 Å². The van der Waals surface area contributed by atoms with E-state index in [0.29, 0.717) is 5.82 Å². The number of hydrogen-bond acceptors (Lipinski definition) is 6. The molecule has 1 fully saturated rings. The Hall–Kier alpha value is -1.76. The number of rotatable bonds is 4. The summed E-state index contributed by atoms with van der Waals surface area (Å²) in [6.45, 7) is 3.17. The molecule has 6 nitrogen and oxygen atoms in total. The largest absolute Gasteiger partial charge is 0.338 e. The van der Waals surface area contributed by atoms with Crippen molar-refractivity contribution >= 4 is 9.84 Å². The number of hydrogen-bond donors (Lipinski definition) is 0. The van der Waals surface area contributed by atoms with Gasteiger partial charge in [0.15, 0.2) is 15.7 Å². The van der Waals surface area contributed by atoms with Crippen LogP contribution in [0.3, 0.4) is 0 Å². The molecule has 0 radical (unpaired) electrons. The van der Waals surface area contributed by atoms with Gasteiger partial charge in [-0.25, -0.2) is 8.42 Å². The highest BCUT2D eigenvalue weighted by Crippen LogP contribution is 2.48. The molecule has 0 aliphatic heterocycles. The maximum Gasteiger partial charge on any atom is 0.247 e. The minimum Gasteiger partial charge on any atom is -0.338 e. The van der Waals surface area contributed by atoms with E-state index in [1.165, 1.54) is 6.26 Å². The van der Waals surface area contributed by atoms with E-state index in [0.717, 1.165) is 24.8 Å². The standard InChI is InChI=1S/C15H19N3O3S/c1-14(2,22(3,19)20)13-17-12(18-21-13)15(7-4-8-15)11-5-9-16-10-6-11/h5-6,9-10H,4,7-8H2,1-3H3. The number of sulfone groups is 1. The Kier molecular flexibility index (Phi) is 3.36. The maximum absolute atomic E-state index is 11.9. The van der Waals surface area contributed by atoms with Gasteiger partial charge in [0.2, 0.25) is 5.89 Å². The average molecular weight is 321 g/mol. The van der Waals surface area contributed by atoms with Crippen molar-refractivity contribution in [2.75, 3.05) is 6.26 Å². The molecule has 2 aromatic rings. The van der Waals surface area contributed by atoms with E-state index < -0.39 is 14.6 Å². The monoisotopic (exact) mass is 321 g/mol. The first-order valence-electron chi connectivity index (χ1n) is 7.22. The third-order valence-electron chi connectivity index (χ3n) is 4.74.